The van der Waals surface area contributed by atoms with Crippen LogP contribution in [0.3, 0.4) is 0 Å². The molecule has 0 radical (unpaired) electrons. The molecule has 3 aromatic rings. The largest absolute Gasteiger partial charge is 0.507 e. The molecule has 7 heteroatoms. The maximum Gasteiger partial charge on any atom is 0.343 e. The van der Waals surface area contributed by atoms with Crippen LogP contribution in [0, 0.1) is 0 Å². The van der Waals surface area contributed by atoms with Gasteiger partial charge in [-0.1, -0.05) is 41.5 Å². The van der Waals surface area contributed by atoms with Crippen molar-refractivity contribution in [3.63, 3.8) is 0 Å². The predicted molar refractivity (Wildman–Crippen MR) is 96.5 cm³/mol. The van der Waals surface area contributed by atoms with E-state index >= 15 is 0 Å². The van der Waals surface area contributed by atoms with Gasteiger partial charge in [-0.25, -0.2) is 4.79 Å². The van der Waals surface area contributed by atoms with Crippen LogP contribution in [0.1, 0.15) is 30.4 Å². The summed E-state index contributed by atoms with van der Waals surface area (Å²) in [6.45, 7) is 1.42. The number of benzene rings is 2. The number of rotatable bonds is 5. The minimum absolute atomic E-state index is 0.0253. The van der Waals surface area contributed by atoms with E-state index in [0.29, 0.717) is 16.6 Å². The minimum Gasteiger partial charge on any atom is -0.507 e. The number of ketones is 1. The van der Waals surface area contributed by atoms with Crippen LogP contribution in [0.4, 0.5) is 5.69 Å². The van der Waals surface area contributed by atoms with Crippen molar-refractivity contribution in [1.82, 2.24) is 0 Å². The topological polar surface area (TPSA) is 116 Å². The van der Waals surface area contributed by atoms with Crippen molar-refractivity contribution in [2.24, 2.45) is 5.11 Å². The van der Waals surface area contributed by atoms with Crippen LogP contribution in [0.2, 0.25) is 0 Å². The Labute approximate surface area is 148 Å². The van der Waals surface area contributed by atoms with Gasteiger partial charge in [0, 0.05) is 22.9 Å². The van der Waals surface area contributed by atoms with Crippen LogP contribution < -0.4 is 5.63 Å². The van der Waals surface area contributed by atoms with Crippen molar-refractivity contribution >= 4 is 22.4 Å². The molecule has 0 fully saturated rings. The maximum absolute atomic E-state index is 12.5. The Morgan fingerprint density at radius 1 is 1.23 bits per heavy atom. The highest BCUT2D eigenvalue weighted by Crippen LogP contribution is 2.36. The van der Waals surface area contributed by atoms with Gasteiger partial charge < -0.3 is 9.52 Å². The molecule has 0 amide bonds. The van der Waals surface area contributed by atoms with Gasteiger partial charge in [0.25, 0.3) is 0 Å². The fourth-order valence-corrected chi connectivity index (χ4v) is 2.95. The first kappa shape index (κ1) is 17.3. The van der Waals surface area contributed by atoms with Crippen molar-refractivity contribution < 1.29 is 14.3 Å². The van der Waals surface area contributed by atoms with E-state index < -0.39 is 11.5 Å². The first-order chi connectivity index (χ1) is 12.5. The van der Waals surface area contributed by atoms with E-state index in [1.54, 1.807) is 48.5 Å². The predicted octanol–water partition coefficient (Wildman–Crippen LogP) is 4.55. The summed E-state index contributed by atoms with van der Waals surface area (Å²) in [6, 6.07) is 13.1. The number of fused-ring (bicyclic) bond motifs is 1. The number of aromatic hydroxyl groups is 1. The zero-order chi connectivity index (χ0) is 18.7. The van der Waals surface area contributed by atoms with Crippen LogP contribution >= 0.6 is 0 Å². The van der Waals surface area contributed by atoms with E-state index in [9.17, 15) is 14.7 Å². The van der Waals surface area contributed by atoms with Crippen LogP contribution in [0.15, 0.2) is 62.9 Å². The Bertz CT molecular complexity index is 1080. The second-order valence-corrected chi connectivity index (χ2v) is 5.89. The summed E-state index contributed by atoms with van der Waals surface area (Å²) < 4.78 is 5.33. The fourth-order valence-electron chi connectivity index (χ4n) is 2.95. The van der Waals surface area contributed by atoms with Crippen molar-refractivity contribution in [2.45, 2.75) is 19.3 Å². The summed E-state index contributed by atoms with van der Waals surface area (Å²) in [5.74, 6) is -1.00. The second-order valence-electron chi connectivity index (χ2n) is 5.89. The Morgan fingerprint density at radius 2 is 1.92 bits per heavy atom. The Balaban J connectivity index is 2.20. The van der Waals surface area contributed by atoms with Gasteiger partial charge in [0.05, 0.1) is 10.9 Å². The molecule has 7 nitrogen and oxygen atoms in total. The molecular formula is C19H15N3O4. The third kappa shape index (κ3) is 3.29. The average Bonchev–Trinajstić information content (AvgIpc) is 2.61. The molecule has 130 valence electrons. The van der Waals surface area contributed by atoms with E-state index in [1.807, 2.05) is 0 Å². The van der Waals surface area contributed by atoms with Gasteiger partial charge in [-0.15, -0.1) is 0 Å². The molecule has 1 atom stereocenters. The van der Waals surface area contributed by atoms with Crippen LogP contribution in [-0.4, -0.2) is 10.9 Å². The van der Waals surface area contributed by atoms with E-state index in [4.69, 9.17) is 9.95 Å². The summed E-state index contributed by atoms with van der Waals surface area (Å²) in [4.78, 5) is 27.0. The normalized spacial score (nSPS) is 11.7. The third-order valence-corrected chi connectivity index (χ3v) is 4.12. The summed E-state index contributed by atoms with van der Waals surface area (Å²) in [5, 5.41) is 14.6. The molecule has 1 unspecified atom stereocenters. The van der Waals surface area contributed by atoms with Crippen molar-refractivity contribution in [1.29, 1.82) is 0 Å². The lowest BCUT2D eigenvalue weighted by Crippen LogP contribution is -2.16. The first-order valence-electron chi connectivity index (χ1n) is 7.90. The molecule has 2 aromatic carbocycles. The molecule has 0 saturated heterocycles. The van der Waals surface area contributed by atoms with Crippen molar-refractivity contribution in [3.8, 4) is 5.75 Å². The highest BCUT2D eigenvalue weighted by molar-refractivity contribution is 5.85. The van der Waals surface area contributed by atoms with Gasteiger partial charge in [-0.05, 0) is 30.2 Å². The molecule has 26 heavy (non-hydrogen) atoms. The fraction of sp³-hybridized carbons (Fsp3) is 0.158. The Kier molecular flexibility index (Phi) is 4.73. The van der Waals surface area contributed by atoms with Crippen LogP contribution in [0.25, 0.3) is 21.4 Å². The smallest absolute Gasteiger partial charge is 0.343 e. The number of nitrogens with zero attached hydrogens (tertiary/aromatic N) is 3. The van der Waals surface area contributed by atoms with E-state index in [2.05, 4.69) is 10.0 Å². The minimum atomic E-state index is -0.688. The molecule has 0 aliphatic heterocycles. The summed E-state index contributed by atoms with van der Waals surface area (Å²) >= 11 is 0. The molecule has 0 spiro atoms. The Hall–Kier alpha value is -3.57. The lowest BCUT2D eigenvalue weighted by Gasteiger charge is -2.17. The quantitative estimate of drug-likeness (QED) is 0.315. The van der Waals surface area contributed by atoms with Gasteiger partial charge in [-0.2, -0.15) is 0 Å². The molecule has 1 heterocycles. The van der Waals surface area contributed by atoms with Gasteiger partial charge in [0.15, 0.2) is 0 Å². The van der Waals surface area contributed by atoms with E-state index in [-0.39, 0.29) is 29.1 Å². The molecule has 0 bridgehead atoms. The SMILES string of the molecule is CC(=O)CC(c1ccc(N=[N+]=[N-])cc1)c1c(O)c2ccccc2oc1=O. The zero-order valence-electron chi connectivity index (χ0n) is 13.9. The first-order valence-corrected chi connectivity index (χ1v) is 7.90. The summed E-state index contributed by atoms with van der Waals surface area (Å²) in [7, 11) is 0. The number of Topliss-reactive ketones (excluding diaryl/α,β-unsaturated/α-hetero) is 1. The number of hydrogen-bond donors (Lipinski definition) is 1. The second kappa shape index (κ2) is 7.13. The molecule has 0 aliphatic carbocycles. The molecule has 1 aromatic heterocycles. The van der Waals surface area contributed by atoms with E-state index in [0.717, 1.165) is 0 Å². The van der Waals surface area contributed by atoms with Gasteiger partial charge in [-0.3, -0.25) is 4.79 Å². The number of para-hydroxylation sites is 1. The molecule has 1 N–H and O–H groups in total. The molecular weight excluding hydrogens is 334 g/mol. The number of azide groups is 1. The Morgan fingerprint density at radius 3 is 2.58 bits per heavy atom. The molecule has 0 saturated carbocycles. The molecule has 3 rings (SSSR count). The maximum atomic E-state index is 12.5. The van der Waals surface area contributed by atoms with Gasteiger partial charge in [0.2, 0.25) is 0 Å². The highest BCUT2D eigenvalue weighted by atomic mass is 16.4. The summed E-state index contributed by atoms with van der Waals surface area (Å²) in [5.41, 5.74) is 9.17. The van der Waals surface area contributed by atoms with E-state index in [1.165, 1.54) is 6.92 Å². The third-order valence-electron chi connectivity index (χ3n) is 4.12. The number of carbonyl (C=O) groups is 1. The lowest BCUT2D eigenvalue weighted by atomic mass is 9.87. The van der Waals surface area contributed by atoms with Crippen LogP contribution in [-0.2, 0) is 4.79 Å². The van der Waals surface area contributed by atoms with Gasteiger partial charge >= 0.3 is 5.63 Å². The van der Waals surface area contributed by atoms with Crippen LogP contribution in [0.5, 0.6) is 5.75 Å². The van der Waals surface area contributed by atoms with Gasteiger partial charge in [0.1, 0.15) is 17.1 Å². The average molecular weight is 349 g/mol. The lowest BCUT2D eigenvalue weighted by molar-refractivity contribution is -0.117. The van der Waals surface area contributed by atoms with Crippen molar-refractivity contribution in [3.05, 3.63) is 80.5 Å². The monoisotopic (exact) mass is 349 g/mol. The number of carbonyl (C=O) groups excluding carboxylic acids is 1. The number of hydrogen-bond acceptors (Lipinski definition) is 5. The van der Waals surface area contributed by atoms with Crippen molar-refractivity contribution in [2.75, 3.05) is 0 Å². The zero-order valence-corrected chi connectivity index (χ0v) is 13.9. The molecule has 0 aliphatic rings. The standard InChI is InChI=1S/C19H15N3O4/c1-11(23)10-15(12-6-8-13(9-7-12)21-22-20)17-18(24)14-4-2-3-5-16(14)26-19(17)25/h2-9,15,24H,10H2,1H3. The summed E-state index contributed by atoms with van der Waals surface area (Å²) in [6.07, 6.45) is 0.0253. The highest BCUT2D eigenvalue weighted by Gasteiger charge is 2.25.